The molecule has 7 heteroatoms. The average Bonchev–Trinajstić information content (AvgIpc) is 3.30. The maximum absolute atomic E-state index is 12.4. The maximum atomic E-state index is 12.4. The van der Waals surface area contributed by atoms with E-state index in [0.29, 0.717) is 29.8 Å². The smallest absolute Gasteiger partial charge is 0.272 e. The van der Waals surface area contributed by atoms with Gasteiger partial charge in [-0.1, -0.05) is 12.1 Å². The summed E-state index contributed by atoms with van der Waals surface area (Å²) in [6.45, 7) is 1.75. The first kappa shape index (κ1) is 18.7. The molecule has 0 bridgehead atoms. The van der Waals surface area contributed by atoms with Crippen LogP contribution in [-0.4, -0.2) is 40.3 Å². The molecule has 1 aliphatic heterocycles. The van der Waals surface area contributed by atoms with Gasteiger partial charge in [-0.15, -0.1) is 0 Å². The summed E-state index contributed by atoms with van der Waals surface area (Å²) in [5.74, 6) is -0.682. The largest absolute Gasteiger partial charge is 0.366 e. The van der Waals surface area contributed by atoms with Gasteiger partial charge in [0.15, 0.2) is 0 Å². The van der Waals surface area contributed by atoms with Gasteiger partial charge in [-0.2, -0.15) is 0 Å². The van der Waals surface area contributed by atoms with Gasteiger partial charge in [0.1, 0.15) is 5.69 Å². The van der Waals surface area contributed by atoms with Crippen molar-refractivity contribution in [3.63, 3.8) is 0 Å². The number of benzene rings is 1. The molecule has 0 atom stereocenters. The monoisotopic (exact) mass is 368 g/mol. The first-order valence-corrected chi connectivity index (χ1v) is 9.08. The molecule has 3 N–H and O–H groups in total. The van der Waals surface area contributed by atoms with Gasteiger partial charge in [0, 0.05) is 38.4 Å². The van der Waals surface area contributed by atoms with Crippen LogP contribution in [0.3, 0.4) is 0 Å². The predicted octanol–water partition coefficient (Wildman–Crippen LogP) is 1.93. The number of rotatable bonds is 6. The van der Waals surface area contributed by atoms with Crippen LogP contribution in [0.5, 0.6) is 0 Å². The second-order valence-corrected chi connectivity index (χ2v) is 6.83. The number of aromatic nitrogens is 1. The summed E-state index contributed by atoms with van der Waals surface area (Å²) in [6.07, 6.45) is 4.91. The summed E-state index contributed by atoms with van der Waals surface area (Å²) in [5.41, 5.74) is 7.59. The molecule has 0 aliphatic carbocycles. The van der Waals surface area contributed by atoms with Crippen molar-refractivity contribution in [2.24, 2.45) is 12.8 Å². The summed E-state index contributed by atoms with van der Waals surface area (Å²) in [4.78, 5) is 37.6. The highest BCUT2D eigenvalue weighted by Crippen LogP contribution is 2.15. The van der Waals surface area contributed by atoms with Crippen molar-refractivity contribution in [3.05, 3.63) is 53.3 Å². The van der Waals surface area contributed by atoms with Gasteiger partial charge in [-0.3, -0.25) is 14.4 Å². The van der Waals surface area contributed by atoms with Crippen molar-refractivity contribution >= 4 is 23.4 Å². The van der Waals surface area contributed by atoms with E-state index < -0.39 is 5.91 Å². The van der Waals surface area contributed by atoms with E-state index in [2.05, 4.69) is 5.32 Å². The normalized spacial score (nSPS) is 13.6. The number of hydrogen-bond acceptors (Lipinski definition) is 3. The molecule has 142 valence electrons. The van der Waals surface area contributed by atoms with Gasteiger partial charge in [0.05, 0.1) is 5.56 Å². The van der Waals surface area contributed by atoms with Crippen molar-refractivity contribution in [3.8, 4) is 0 Å². The van der Waals surface area contributed by atoms with Crippen LogP contribution in [0.15, 0.2) is 36.5 Å². The molecule has 0 radical (unpaired) electrons. The predicted molar refractivity (Wildman–Crippen MR) is 102 cm³/mol. The van der Waals surface area contributed by atoms with Gasteiger partial charge in [0.2, 0.25) is 11.8 Å². The standard InChI is InChI=1S/C20H24N4O3/c1-23-13-15(19(21)26)12-17(23)20(27)22-16-7-4-14(5-8-16)6-9-18(25)24-10-2-3-11-24/h4-5,7-8,12-13H,2-3,6,9-11H2,1H3,(H2,21,26)(H,22,27). The molecule has 0 unspecified atom stereocenters. The zero-order chi connectivity index (χ0) is 19.4. The fraction of sp³-hybridized carbons (Fsp3) is 0.350. The molecular weight excluding hydrogens is 344 g/mol. The number of likely N-dealkylation sites (tertiary alicyclic amines) is 1. The Morgan fingerprint density at radius 1 is 1.11 bits per heavy atom. The minimum Gasteiger partial charge on any atom is -0.366 e. The minimum absolute atomic E-state index is 0.207. The van der Waals surface area contributed by atoms with Crippen molar-refractivity contribution in [1.29, 1.82) is 0 Å². The van der Waals surface area contributed by atoms with Crippen LogP contribution in [-0.2, 0) is 18.3 Å². The lowest BCUT2D eigenvalue weighted by Crippen LogP contribution is -2.27. The Hall–Kier alpha value is -3.09. The Balaban J connectivity index is 1.56. The van der Waals surface area contributed by atoms with Crippen LogP contribution in [0.25, 0.3) is 0 Å². The highest BCUT2D eigenvalue weighted by molar-refractivity contribution is 6.05. The van der Waals surface area contributed by atoms with Crippen molar-refractivity contribution in [1.82, 2.24) is 9.47 Å². The fourth-order valence-electron chi connectivity index (χ4n) is 3.25. The lowest BCUT2D eigenvalue weighted by Gasteiger charge is -2.15. The number of amides is 3. The van der Waals surface area contributed by atoms with Crippen LogP contribution < -0.4 is 11.1 Å². The Morgan fingerprint density at radius 3 is 2.37 bits per heavy atom. The molecule has 3 rings (SSSR count). The highest BCUT2D eigenvalue weighted by Gasteiger charge is 2.17. The van der Waals surface area contributed by atoms with E-state index in [1.807, 2.05) is 29.2 Å². The number of nitrogens with zero attached hydrogens (tertiary/aromatic N) is 2. The fourth-order valence-corrected chi connectivity index (χ4v) is 3.25. The van der Waals surface area contributed by atoms with Gasteiger partial charge in [-0.25, -0.2) is 0 Å². The van der Waals surface area contributed by atoms with E-state index in [9.17, 15) is 14.4 Å². The second-order valence-electron chi connectivity index (χ2n) is 6.83. The molecule has 0 saturated carbocycles. The lowest BCUT2D eigenvalue weighted by molar-refractivity contribution is -0.130. The summed E-state index contributed by atoms with van der Waals surface area (Å²) in [6, 6.07) is 8.91. The SMILES string of the molecule is Cn1cc(C(N)=O)cc1C(=O)Nc1ccc(CCC(=O)N2CCCC2)cc1. The Bertz CT molecular complexity index is 849. The minimum atomic E-state index is -0.572. The molecule has 2 heterocycles. The van der Waals surface area contributed by atoms with Gasteiger partial charge < -0.3 is 20.5 Å². The number of carbonyl (C=O) groups excluding carboxylic acids is 3. The molecule has 7 nitrogen and oxygen atoms in total. The number of nitrogens with two attached hydrogens (primary N) is 1. The number of aryl methyl sites for hydroxylation is 2. The molecule has 0 spiro atoms. The van der Waals surface area contributed by atoms with Crippen LogP contribution in [0.1, 0.15) is 45.7 Å². The molecule has 1 aromatic carbocycles. The first-order chi connectivity index (χ1) is 12.9. The summed E-state index contributed by atoms with van der Waals surface area (Å²) >= 11 is 0. The number of carbonyl (C=O) groups is 3. The van der Waals surface area contributed by atoms with Crippen molar-refractivity contribution in [2.45, 2.75) is 25.7 Å². The lowest BCUT2D eigenvalue weighted by atomic mass is 10.1. The van der Waals surface area contributed by atoms with Gasteiger partial charge >= 0.3 is 0 Å². The Kier molecular flexibility index (Phi) is 5.59. The number of anilines is 1. The molecule has 2 aromatic rings. The van der Waals surface area contributed by atoms with Crippen molar-refractivity contribution < 1.29 is 14.4 Å². The van der Waals surface area contributed by atoms with E-state index in [0.717, 1.165) is 31.5 Å². The maximum Gasteiger partial charge on any atom is 0.272 e. The summed E-state index contributed by atoms with van der Waals surface area (Å²) < 4.78 is 1.56. The number of hydrogen-bond donors (Lipinski definition) is 2. The van der Waals surface area contributed by atoms with E-state index in [1.54, 1.807) is 11.6 Å². The van der Waals surface area contributed by atoms with E-state index in [4.69, 9.17) is 5.73 Å². The molecule has 1 aromatic heterocycles. The van der Waals surface area contributed by atoms with E-state index in [-0.39, 0.29) is 11.8 Å². The zero-order valence-electron chi connectivity index (χ0n) is 15.4. The third-order valence-corrected chi connectivity index (χ3v) is 4.82. The molecule has 1 fully saturated rings. The molecule has 1 aliphatic rings. The molecule has 27 heavy (non-hydrogen) atoms. The zero-order valence-corrected chi connectivity index (χ0v) is 15.4. The summed E-state index contributed by atoms with van der Waals surface area (Å²) in [5, 5.41) is 2.80. The first-order valence-electron chi connectivity index (χ1n) is 9.08. The van der Waals surface area contributed by atoms with Crippen LogP contribution in [0.4, 0.5) is 5.69 Å². The quantitative estimate of drug-likeness (QED) is 0.815. The second kappa shape index (κ2) is 8.07. The van der Waals surface area contributed by atoms with Gasteiger partial charge in [-0.05, 0) is 43.0 Å². The van der Waals surface area contributed by atoms with Crippen LogP contribution in [0.2, 0.25) is 0 Å². The summed E-state index contributed by atoms with van der Waals surface area (Å²) in [7, 11) is 1.68. The topological polar surface area (TPSA) is 97.4 Å². The van der Waals surface area contributed by atoms with E-state index in [1.165, 1.54) is 12.3 Å². The average molecular weight is 368 g/mol. The molecule has 1 saturated heterocycles. The Morgan fingerprint density at radius 2 is 1.78 bits per heavy atom. The highest BCUT2D eigenvalue weighted by atomic mass is 16.2. The molecule has 3 amide bonds. The Labute approximate surface area is 158 Å². The molecular formula is C20H24N4O3. The third kappa shape index (κ3) is 4.55. The van der Waals surface area contributed by atoms with Crippen LogP contribution in [0, 0.1) is 0 Å². The number of primary amides is 1. The number of nitrogens with one attached hydrogen (secondary N) is 1. The van der Waals surface area contributed by atoms with Crippen molar-refractivity contribution in [2.75, 3.05) is 18.4 Å². The van der Waals surface area contributed by atoms with Crippen LogP contribution >= 0.6 is 0 Å². The van der Waals surface area contributed by atoms with Gasteiger partial charge in [0.25, 0.3) is 5.91 Å². The van der Waals surface area contributed by atoms with E-state index >= 15 is 0 Å². The third-order valence-electron chi connectivity index (χ3n) is 4.82.